The number of nitrogens with one attached hydrogen (secondary N) is 1. The van der Waals surface area contributed by atoms with E-state index in [2.05, 4.69) is 5.32 Å². The minimum atomic E-state index is -3.26. The van der Waals surface area contributed by atoms with Crippen molar-refractivity contribution in [2.24, 2.45) is 11.7 Å². The third kappa shape index (κ3) is 3.54. The van der Waals surface area contributed by atoms with Crippen molar-refractivity contribution in [3.05, 3.63) is 24.3 Å². The number of rotatable bonds is 3. The standard InChI is InChI=1S/C13H18N2O3S/c1-19(17,18)12-4-2-3-11(8-12)15-13(16)9-5-6-10(14)7-9/h2-4,8-10H,5-7,14H2,1H3,(H,15,16). The van der Waals surface area contributed by atoms with Gasteiger partial charge in [0.2, 0.25) is 5.91 Å². The van der Waals surface area contributed by atoms with E-state index in [1.165, 1.54) is 12.1 Å². The maximum absolute atomic E-state index is 12.0. The Morgan fingerprint density at radius 3 is 2.68 bits per heavy atom. The van der Waals surface area contributed by atoms with Crippen LogP contribution in [0.1, 0.15) is 19.3 Å². The summed E-state index contributed by atoms with van der Waals surface area (Å²) in [6, 6.07) is 6.38. The van der Waals surface area contributed by atoms with E-state index in [0.717, 1.165) is 19.1 Å². The first kappa shape index (κ1) is 14.0. The molecule has 1 aromatic carbocycles. The number of carbonyl (C=O) groups is 1. The van der Waals surface area contributed by atoms with E-state index in [1.54, 1.807) is 12.1 Å². The predicted molar refractivity (Wildman–Crippen MR) is 73.5 cm³/mol. The second-order valence-corrected chi connectivity index (χ2v) is 7.08. The second-order valence-electron chi connectivity index (χ2n) is 5.06. The van der Waals surface area contributed by atoms with Gasteiger partial charge in [0.1, 0.15) is 0 Å². The van der Waals surface area contributed by atoms with E-state index < -0.39 is 9.84 Å². The topological polar surface area (TPSA) is 89.3 Å². The number of carbonyl (C=O) groups excluding carboxylic acids is 1. The molecule has 19 heavy (non-hydrogen) atoms. The van der Waals surface area contributed by atoms with Crippen molar-refractivity contribution < 1.29 is 13.2 Å². The van der Waals surface area contributed by atoms with Gasteiger partial charge >= 0.3 is 0 Å². The van der Waals surface area contributed by atoms with Crippen LogP contribution in [0.4, 0.5) is 5.69 Å². The minimum absolute atomic E-state index is 0.0723. The minimum Gasteiger partial charge on any atom is -0.328 e. The Morgan fingerprint density at radius 1 is 1.37 bits per heavy atom. The zero-order chi connectivity index (χ0) is 14.0. The lowest BCUT2D eigenvalue weighted by molar-refractivity contribution is -0.119. The third-order valence-electron chi connectivity index (χ3n) is 3.37. The molecule has 1 aliphatic rings. The van der Waals surface area contributed by atoms with E-state index >= 15 is 0 Å². The van der Waals surface area contributed by atoms with Crippen molar-refractivity contribution in [3.63, 3.8) is 0 Å². The Morgan fingerprint density at radius 2 is 2.11 bits per heavy atom. The molecule has 0 heterocycles. The molecule has 1 amide bonds. The number of nitrogens with two attached hydrogens (primary N) is 1. The molecule has 0 aliphatic heterocycles. The number of amides is 1. The number of sulfone groups is 1. The van der Waals surface area contributed by atoms with E-state index in [1.807, 2.05) is 0 Å². The number of hydrogen-bond acceptors (Lipinski definition) is 4. The van der Waals surface area contributed by atoms with Gasteiger partial charge in [-0.25, -0.2) is 8.42 Å². The Kier molecular flexibility index (Phi) is 3.91. The average Bonchev–Trinajstić information content (AvgIpc) is 2.75. The van der Waals surface area contributed by atoms with Gasteiger partial charge in [0.25, 0.3) is 0 Å². The Balaban J connectivity index is 2.09. The molecule has 1 fully saturated rings. The van der Waals surface area contributed by atoms with E-state index in [4.69, 9.17) is 5.73 Å². The first-order chi connectivity index (χ1) is 8.86. The second kappa shape index (κ2) is 5.30. The molecule has 1 saturated carbocycles. The number of benzene rings is 1. The summed E-state index contributed by atoms with van der Waals surface area (Å²) < 4.78 is 22.9. The summed E-state index contributed by atoms with van der Waals surface area (Å²) >= 11 is 0. The van der Waals surface area contributed by atoms with Crippen molar-refractivity contribution in [2.45, 2.75) is 30.2 Å². The molecule has 0 spiro atoms. The summed E-state index contributed by atoms with van der Waals surface area (Å²) in [5.74, 6) is -0.157. The van der Waals surface area contributed by atoms with Crippen LogP contribution in [-0.4, -0.2) is 26.6 Å². The monoisotopic (exact) mass is 282 g/mol. The lowest BCUT2D eigenvalue weighted by atomic mass is 10.1. The van der Waals surface area contributed by atoms with Crippen LogP contribution in [0.3, 0.4) is 0 Å². The van der Waals surface area contributed by atoms with Crippen molar-refractivity contribution in [3.8, 4) is 0 Å². The van der Waals surface area contributed by atoms with Gasteiger partial charge in [0, 0.05) is 23.9 Å². The quantitative estimate of drug-likeness (QED) is 0.870. The summed E-state index contributed by atoms with van der Waals surface area (Å²) in [7, 11) is -3.26. The smallest absolute Gasteiger partial charge is 0.227 e. The zero-order valence-electron chi connectivity index (χ0n) is 10.8. The fourth-order valence-corrected chi connectivity index (χ4v) is 2.97. The van der Waals surface area contributed by atoms with Crippen LogP contribution in [0.5, 0.6) is 0 Å². The van der Waals surface area contributed by atoms with E-state index in [9.17, 15) is 13.2 Å². The molecule has 5 nitrogen and oxygen atoms in total. The maximum atomic E-state index is 12.0. The number of anilines is 1. The fraction of sp³-hybridized carbons (Fsp3) is 0.462. The van der Waals surface area contributed by atoms with Crippen LogP contribution in [-0.2, 0) is 14.6 Å². The van der Waals surface area contributed by atoms with Crippen molar-refractivity contribution >= 4 is 21.4 Å². The van der Waals surface area contributed by atoms with Crippen LogP contribution in [0.25, 0.3) is 0 Å². The van der Waals surface area contributed by atoms with Crippen molar-refractivity contribution in [2.75, 3.05) is 11.6 Å². The summed E-state index contributed by atoms with van der Waals surface area (Å²) in [4.78, 5) is 12.2. The largest absolute Gasteiger partial charge is 0.328 e. The molecule has 2 unspecified atom stereocenters. The molecule has 2 rings (SSSR count). The summed E-state index contributed by atoms with van der Waals surface area (Å²) in [5, 5.41) is 2.76. The van der Waals surface area contributed by atoms with Gasteiger partial charge in [-0.2, -0.15) is 0 Å². The highest BCUT2D eigenvalue weighted by molar-refractivity contribution is 7.90. The van der Waals surface area contributed by atoms with E-state index in [-0.39, 0.29) is 22.8 Å². The van der Waals surface area contributed by atoms with Gasteiger partial charge in [-0.1, -0.05) is 6.07 Å². The lowest BCUT2D eigenvalue weighted by Crippen LogP contribution is -2.23. The van der Waals surface area contributed by atoms with Gasteiger partial charge in [0.05, 0.1) is 4.90 Å². The van der Waals surface area contributed by atoms with Crippen LogP contribution in [0.2, 0.25) is 0 Å². The highest BCUT2D eigenvalue weighted by Crippen LogP contribution is 2.25. The van der Waals surface area contributed by atoms with Crippen molar-refractivity contribution in [1.82, 2.24) is 0 Å². The molecule has 3 N–H and O–H groups in total. The van der Waals surface area contributed by atoms with Crippen molar-refractivity contribution in [1.29, 1.82) is 0 Å². The van der Waals surface area contributed by atoms with E-state index in [0.29, 0.717) is 12.1 Å². The molecule has 0 aromatic heterocycles. The van der Waals surface area contributed by atoms with Gasteiger partial charge in [-0.3, -0.25) is 4.79 Å². The van der Waals surface area contributed by atoms with Gasteiger partial charge in [-0.15, -0.1) is 0 Å². The molecule has 6 heteroatoms. The van der Waals surface area contributed by atoms with Gasteiger partial charge in [-0.05, 0) is 37.5 Å². The highest BCUT2D eigenvalue weighted by atomic mass is 32.2. The summed E-state index contributed by atoms with van der Waals surface area (Å²) in [5.41, 5.74) is 6.29. The molecule has 104 valence electrons. The molecular weight excluding hydrogens is 264 g/mol. The maximum Gasteiger partial charge on any atom is 0.227 e. The van der Waals surface area contributed by atoms with Gasteiger partial charge in [0.15, 0.2) is 9.84 Å². The summed E-state index contributed by atoms with van der Waals surface area (Å²) in [6.45, 7) is 0. The zero-order valence-corrected chi connectivity index (χ0v) is 11.6. The normalized spacial score (nSPS) is 23.3. The molecule has 0 radical (unpaired) electrons. The SMILES string of the molecule is CS(=O)(=O)c1cccc(NC(=O)C2CCC(N)C2)c1. The number of hydrogen-bond donors (Lipinski definition) is 2. The van der Waals surface area contributed by atoms with Crippen LogP contribution in [0.15, 0.2) is 29.2 Å². The molecular formula is C13H18N2O3S. The van der Waals surface area contributed by atoms with Crippen LogP contribution >= 0.6 is 0 Å². The highest BCUT2D eigenvalue weighted by Gasteiger charge is 2.27. The fourth-order valence-electron chi connectivity index (χ4n) is 2.30. The van der Waals surface area contributed by atoms with Gasteiger partial charge < -0.3 is 11.1 Å². The Bertz CT molecular complexity index is 583. The Hall–Kier alpha value is -1.40. The van der Waals surface area contributed by atoms with Crippen LogP contribution < -0.4 is 11.1 Å². The average molecular weight is 282 g/mol. The molecule has 0 bridgehead atoms. The first-order valence-electron chi connectivity index (χ1n) is 6.23. The third-order valence-corrected chi connectivity index (χ3v) is 4.48. The van der Waals surface area contributed by atoms with Crippen LogP contribution in [0, 0.1) is 5.92 Å². The lowest BCUT2D eigenvalue weighted by Gasteiger charge is -2.11. The summed E-state index contributed by atoms with van der Waals surface area (Å²) in [6.07, 6.45) is 3.49. The molecule has 0 saturated heterocycles. The Labute approximate surface area is 113 Å². The molecule has 1 aliphatic carbocycles. The molecule has 1 aromatic rings. The first-order valence-corrected chi connectivity index (χ1v) is 8.12. The molecule has 2 atom stereocenters. The predicted octanol–water partition coefficient (Wildman–Crippen LogP) is 1.16.